The average molecular weight is 353 g/mol. The van der Waals surface area contributed by atoms with Gasteiger partial charge in [0.25, 0.3) is 0 Å². The monoisotopic (exact) mass is 352 g/mol. The molecule has 2 aliphatic carbocycles. The second-order valence-corrected chi connectivity index (χ2v) is 8.24. The predicted molar refractivity (Wildman–Crippen MR) is 98.1 cm³/mol. The van der Waals surface area contributed by atoms with Gasteiger partial charge in [-0.3, -0.25) is 0 Å². The molecule has 1 heterocycles. The van der Waals surface area contributed by atoms with E-state index in [1.165, 1.54) is 38.5 Å². The van der Waals surface area contributed by atoms with Gasteiger partial charge in [0.2, 0.25) is 0 Å². The van der Waals surface area contributed by atoms with Crippen LogP contribution in [-0.4, -0.2) is 41.4 Å². The Morgan fingerprint density at radius 1 is 1.08 bits per heavy atom. The molecule has 0 amide bonds. The van der Waals surface area contributed by atoms with Crippen LogP contribution >= 0.6 is 0 Å². The molecule has 0 aromatic carbocycles. The minimum Gasteiger partial charge on any atom is -0.392 e. The quantitative estimate of drug-likeness (QED) is 0.464. The summed E-state index contributed by atoms with van der Waals surface area (Å²) in [6.45, 7) is 3.59. The van der Waals surface area contributed by atoms with Crippen molar-refractivity contribution in [2.24, 2.45) is 17.8 Å². The lowest BCUT2D eigenvalue weighted by Gasteiger charge is -2.48. The van der Waals surface area contributed by atoms with Crippen LogP contribution in [0.3, 0.4) is 0 Å². The van der Waals surface area contributed by atoms with Gasteiger partial charge in [-0.2, -0.15) is 0 Å². The van der Waals surface area contributed by atoms with Gasteiger partial charge >= 0.3 is 0 Å². The van der Waals surface area contributed by atoms with Crippen LogP contribution in [0.1, 0.15) is 71.1 Å². The number of unbranched alkanes of at least 4 members (excludes halogenated alkanes) is 6. The third-order valence-electron chi connectivity index (χ3n) is 6.47. The first-order valence-electron chi connectivity index (χ1n) is 10.5. The van der Waals surface area contributed by atoms with Crippen LogP contribution in [0.4, 0.5) is 0 Å². The van der Waals surface area contributed by atoms with Crippen LogP contribution < -0.4 is 0 Å². The van der Waals surface area contributed by atoms with Crippen LogP contribution in [0.25, 0.3) is 0 Å². The molecule has 1 aliphatic heterocycles. The summed E-state index contributed by atoms with van der Waals surface area (Å²) < 4.78 is 11.6. The molecule has 25 heavy (non-hydrogen) atoms. The summed E-state index contributed by atoms with van der Waals surface area (Å²) in [6, 6.07) is 0. The van der Waals surface area contributed by atoms with E-state index in [4.69, 9.17) is 9.47 Å². The van der Waals surface area contributed by atoms with E-state index in [0.29, 0.717) is 25.0 Å². The first kappa shape index (κ1) is 19.3. The van der Waals surface area contributed by atoms with Gasteiger partial charge in [-0.05, 0) is 18.8 Å². The number of hydrogen-bond acceptors (Lipinski definition) is 4. The van der Waals surface area contributed by atoms with Crippen molar-refractivity contribution in [2.45, 2.75) is 89.1 Å². The van der Waals surface area contributed by atoms with Crippen molar-refractivity contribution in [3.05, 3.63) is 12.2 Å². The maximum atomic E-state index is 10.5. The number of hydrogen-bond donors (Lipinski definition) is 2. The summed E-state index contributed by atoms with van der Waals surface area (Å²) in [5.41, 5.74) is 0. The zero-order chi connectivity index (χ0) is 17.7. The van der Waals surface area contributed by atoms with E-state index < -0.39 is 5.79 Å². The Balaban J connectivity index is 1.33. The molecule has 0 aromatic rings. The Morgan fingerprint density at radius 2 is 1.76 bits per heavy atom. The van der Waals surface area contributed by atoms with Crippen LogP contribution in [-0.2, 0) is 9.47 Å². The topological polar surface area (TPSA) is 58.9 Å². The lowest BCUT2D eigenvalue weighted by molar-refractivity contribution is -0.275. The summed E-state index contributed by atoms with van der Waals surface area (Å²) in [6.07, 6.45) is 14.7. The maximum absolute atomic E-state index is 10.5. The van der Waals surface area contributed by atoms with E-state index in [-0.39, 0.29) is 18.1 Å². The van der Waals surface area contributed by atoms with Gasteiger partial charge in [-0.25, -0.2) is 0 Å². The lowest BCUT2D eigenvalue weighted by Crippen LogP contribution is -2.54. The lowest BCUT2D eigenvalue weighted by atomic mass is 9.69. The number of aliphatic hydroxyl groups is 2. The Hall–Kier alpha value is -0.420. The van der Waals surface area contributed by atoms with Crippen LogP contribution in [0, 0.1) is 17.8 Å². The molecular weight excluding hydrogens is 316 g/mol. The Morgan fingerprint density at radius 3 is 2.48 bits per heavy atom. The van der Waals surface area contributed by atoms with Crippen molar-refractivity contribution < 1.29 is 19.7 Å². The van der Waals surface area contributed by atoms with E-state index >= 15 is 0 Å². The SMILES string of the molecule is CCCCCCCCCC(O)C=CC1C[C@H]2[C@@H](CC23OCCO3)C1O. The molecule has 4 heteroatoms. The van der Waals surface area contributed by atoms with E-state index in [2.05, 4.69) is 6.92 Å². The summed E-state index contributed by atoms with van der Waals surface area (Å²) in [5, 5.41) is 20.7. The van der Waals surface area contributed by atoms with Crippen molar-refractivity contribution in [3.63, 3.8) is 0 Å². The van der Waals surface area contributed by atoms with Crippen LogP contribution in [0.15, 0.2) is 12.2 Å². The first-order chi connectivity index (χ1) is 12.2. The Bertz CT molecular complexity index is 430. The number of rotatable bonds is 10. The maximum Gasteiger partial charge on any atom is 0.172 e. The standard InChI is InChI=1S/C21H36O4/c1-2-3-4-5-6-7-8-9-17(22)11-10-16-14-19-18(20(16)23)15-21(19)24-12-13-25-21/h10-11,16-20,22-23H,2-9,12-15H2,1H3/t16?,17?,18-,19+,20?/m1/s1. The highest BCUT2D eigenvalue weighted by atomic mass is 16.7. The minimum atomic E-state index is -0.398. The number of aliphatic hydroxyl groups excluding tert-OH is 2. The third-order valence-corrected chi connectivity index (χ3v) is 6.47. The smallest absolute Gasteiger partial charge is 0.172 e. The molecule has 4 nitrogen and oxygen atoms in total. The van der Waals surface area contributed by atoms with Gasteiger partial charge in [-0.15, -0.1) is 0 Å². The molecule has 3 rings (SSSR count). The molecule has 2 saturated carbocycles. The second kappa shape index (κ2) is 8.98. The van der Waals surface area contributed by atoms with Crippen LogP contribution in [0.5, 0.6) is 0 Å². The average Bonchev–Trinajstić information content (AvgIpc) is 3.18. The summed E-state index contributed by atoms with van der Waals surface area (Å²) in [7, 11) is 0. The van der Waals surface area contributed by atoms with Gasteiger partial charge < -0.3 is 19.7 Å². The highest BCUT2D eigenvalue weighted by molar-refractivity contribution is 5.13. The van der Waals surface area contributed by atoms with Crippen molar-refractivity contribution >= 4 is 0 Å². The first-order valence-corrected chi connectivity index (χ1v) is 10.5. The zero-order valence-corrected chi connectivity index (χ0v) is 15.7. The van der Waals surface area contributed by atoms with E-state index in [1.807, 2.05) is 12.2 Å². The summed E-state index contributed by atoms with van der Waals surface area (Å²) >= 11 is 0. The van der Waals surface area contributed by atoms with E-state index in [1.54, 1.807) is 0 Å². The second-order valence-electron chi connectivity index (χ2n) is 8.24. The predicted octanol–water partition coefficient (Wildman–Crippen LogP) is 3.80. The molecule has 3 unspecified atom stereocenters. The molecule has 3 aliphatic rings. The molecule has 2 N–H and O–H groups in total. The Labute approximate surface area is 152 Å². The zero-order valence-electron chi connectivity index (χ0n) is 15.7. The number of ether oxygens (including phenoxy) is 2. The van der Waals surface area contributed by atoms with Gasteiger partial charge in [-0.1, -0.05) is 64.0 Å². The van der Waals surface area contributed by atoms with Crippen molar-refractivity contribution in [1.82, 2.24) is 0 Å². The van der Waals surface area contributed by atoms with Crippen molar-refractivity contribution in [3.8, 4) is 0 Å². The van der Waals surface area contributed by atoms with Gasteiger partial charge in [0.1, 0.15) is 0 Å². The number of fused-ring (bicyclic) bond motifs is 2. The molecule has 1 spiro atoms. The van der Waals surface area contributed by atoms with E-state index in [9.17, 15) is 10.2 Å². The highest BCUT2D eigenvalue weighted by Crippen LogP contribution is 2.59. The van der Waals surface area contributed by atoms with Crippen molar-refractivity contribution in [2.75, 3.05) is 13.2 Å². The van der Waals surface area contributed by atoms with Gasteiger partial charge in [0, 0.05) is 18.3 Å². The minimum absolute atomic E-state index is 0.130. The molecular formula is C21H36O4. The molecule has 3 fully saturated rings. The fourth-order valence-electron chi connectivity index (χ4n) is 4.92. The Kier molecular flexibility index (Phi) is 6.95. The fraction of sp³-hybridized carbons (Fsp3) is 0.905. The van der Waals surface area contributed by atoms with Crippen molar-refractivity contribution in [1.29, 1.82) is 0 Å². The molecule has 1 saturated heterocycles. The largest absolute Gasteiger partial charge is 0.392 e. The summed E-state index contributed by atoms with van der Waals surface area (Å²) in [5.74, 6) is 0.351. The fourth-order valence-corrected chi connectivity index (χ4v) is 4.92. The molecule has 0 bridgehead atoms. The third kappa shape index (κ3) is 4.47. The van der Waals surface area contributed by atoms with E-state index in [0.717, 1.165) is 25.7 Å². The highest BCUT2D eigenvalue weighted by Gasteiger charge is 2.64. The molecule has 144 valence electrons. The van der Waals surface area contributed by atoms with Gasteiger partial charge in [0.15, 0.2) is 5.79 Å². The molecule has 0 aromatic heterocycles. The van der Waals surface area contributed by atoms with Gasteiger partial charge in [0.05, 0.1) is 25.4 Å². The van der Waals surface area contributed by atoms with Crippen LogP contribution in [0.2, 0.25) is 0 Å². The molecule has 0 radical (unpaired) electrons. The summed E-state index contributed by atoms with van der Waals surface area (Å²) in [4.78, 5) is 0. The molecule has 5 atom stereocenters. The normalized spacial score (nSPS) is 34.5.